The van der Waals surface area contributed by atoms with Gasteiger partial charge in [0, 0.05) is 36.9 Å². The summed E-state index contributed by atoms with van der Waals surface area (Å²) in [6.45, 7) is 2.67. The molecule has 0 saturated heterocycles. The Morgan fingerprint density at radius 2 is 0.963 bits per heavy atom. The number of phosphoric ester groups is 2. The number of aryl methyl sites for hydroxylation is 1. The van der Waals surface area contributed by atoms with Crippen LogP contribution in [0.2, 0.25) is 0 Å². The van der Waals surface area contributed by atoms with Crippen LogP contribution in [0.1, 0.15) is 228 Å². The summed E-state index contributed by atoms with van der Waals surface area (Å²) in [7, 11) is -10.5. The molecule has 0 spiro atoms. The molecule has 1 amide bonds. The molecule has 1 aliphatic rings. The molecule has 0 bridgehead atoms. The number of ketones is 1. The molecule has 2 aromatic rings. The van der Waals surface area contributed by atoms with E-state index in [0.29, 0.717) is 30.4 Å². The van der Waals surface area contributed by atoms with E-state index in [0.717, 1.165) is 56.9 Å². The number of aliphatic hydroxyl groups is 4. The lowest BCUT2D eigenvalue weighted by molar-refractivity contribution is -0.217. The van der Waals surface area contributed by atoms with Crippen molar-refractivity contribution in [3.63, 3.8) is 0 Å². The Kier molecular flexibility index (Phi) is 37.6. The number of phosphoric acid groups is 2. The molecule has 3 rings (SSSR count). The number of hydrogen-bond acceptors (Lipinski definition) is 16. The van der Waals surface area contributed by atoms with Gasteiger partial charge in [0.2, 0.25) is 5.91 Å². The molecule has 0 aromatic heterocycles. The smallest absolute Gasteiger partial charge is 0.462 e. The number of aliphatic hydroxyl groups excluding tert-OH is 4. The van der Waals surface area contributed by atoms with Crippen LogP contribution in [-0.4, -0.2) is 123 Å². The van der Waals surface area contributed by atoms with Gasteiger partial charge >= 0.3 is 27.6 Å². The lowest BCUT2D eigenvalue weighted by atomic mass is 9.85. The molecular formula is C60H99NO18P2. The average Bonchev–Trinajstić information content (AvgIpc) is 3.45. The first-order valence-electron chi connectivity index (χ1n) is 30.3. The van der Waals surface area contributed by atoms with Crippen molar-refractivity contribution in [1.29, 1.82) is 0 Å². The highest BCUT2D eigenvalue weighted by atomic mass is 31.2. The Bertz CT molecular complexity index is 2110. The zero-order valence-electron chi connectivity index (χ0n) is 48.5. The minimum Gasteiger partial charge on any atom is -0.462 e. The molecule has 0 aliphatic heterocycles. The molecular weight excluding hydrogens is 1080 g/mol. The molecule has 0 heterocycles. The molecule has 1 aliphatic carbocycles. The van der Waals surface area contributed by atoms with Gasteiger partial charge in [-0.25, -0.2) is 9.13 Å². The monoisotopic (exact) mass is 1180 g/mol. The second-order valence-corrected chi connectivity index (χ2v) is 24.4. The van der Waals surface area contributed by atoms with Crippen LogP contribution >= 0.6 is 15.6 Å². The second kappa shape index (κ2) is 42.4. The number of hydrogen-bond donors (Lipinski definition) is 7. The first-order chi connectivity index (χ1) is 39.0. The third-order valence-corrected chi connectivity index (χ3v) is 16.4. The quantitative estimate of drug-likeness (QED) is 0.0140. The molecule has 81 heavy (non-hydrogen) atoms. The van der Waals surface area contributed by atoms with Crippen LogP contribution in [-0.2, 0) is 57.5 Å². The van der Waals surface area contributed by atoms with Crippen molar-refractivity contribution >= 4 is 39.3 Å². The summed E-state index contributed by atoms with van der Waals surface area (Å²) >= 11 is 0. The third-order valence-electron chi connectivity index (χ3n) is 14.5. The van der Waals surface area contributed by atoms with Crippen molar-refractivity contribution in [2.45, 2.75) is 256 Å². The number of nitrogens with one attached hydrogen (secondary N) is 1. The molecule has 0 radical (unpaired) electrons. The fourth-order valence-corrected chi connectivity index (χ4v) is 11.6. The van der Waals surface area contributed by atoms with E-state index in [1.807, 2.05) is 6.07 Å². The molecule has 19 nitrogen and oxygen atoms in total. The van der Waals surface area contributed by atoms with Crippen molar-refractivity contribution in [1.82, 2.24) is 5.32 Å². The van der Waals surface area contributed by atoms with Gasteiger partial charge in [0.25, 0.3) is 0 Å². The van der Waals surface area contributed by atoms with Gasteiger partial charge in [0.1, 0.15) is 43.2 Å². The van der Waals surface area contributed by atoms with E-state index in [4.69, 9.17) is 23.0 Å². The first-order valence-corrected chi connectivity index (χ1v) is 33.3. The number of rotatable bonds is 48. The fraction of sp³-hybridized carbons (Fsp3) is 0.733. The first kappa shape index (κ1) is 71.8. The van der Waals surface area contributed by atoms with Crippen molar-refractivity contribution in [2.24, 2.45) is 0 Å². The van der Waals surface area contributed by atoms with E-state index in [-0.39, 0.29) is 43.9 Å². The number of benzene rings is 2. The van der Waals surface area contributed by atoms with Gasteiger partial charge in [-0.1, -0.05) is 223 Å². The topological polar surface area (TPSA) is 291 Å². The summed E-state index contributed by atoms with van der Waals surface area (Å²) in [5.41, 5.74) is 1.88. The molecule has 1 unspecified atom stereocenters. The molecule has 462 valence electrons. The van der Waals surface area contributed by atoms with Crippen LogP contribution in [0, 0.1) is 0 Å². The Labute approximate surface area is 482 Å². The molecule has 7 N–H and O–H groups in total. The molecule has 21 heteroatoms. The van der Waals surface area contributed by atoms with Crippen LogP contribution in [0.25, 0.3) is 0 Å². The van der Waals surface area contributed by atoms with Crippen molar-refractivity contribution < 1.29 is 86.1 Å². The van der Waals surface area contributed by atoms with Crippen molar-refractivity contribution in [3.8, 4) is 0 Å². The van der Waals surface area contributed by atoms with Crippen LogP contribution in [0.3, 0.4) is 0 Å². The average molecular weight is 1180 g/mol. The number of amides is 1. The SMILES string of the molecule is CCCCCCCCCCCCCCCC(=O)OC[C@@H](COP(=O)(OCCCNC(=O)CCc1ccc(C(=O)c2ccccc2)cc1)O[C@@H]1[C@H](O)[C@H](OP(=O)(O)O)[C@@H](O)[C@H](O)[C@H]1O)OC(=O)CCCCCCCCCCCCCCC. The lowest BCUT2D eigenvalue weighted by Gasteiger charge is -2.43. The van der Waals surface area contributed by atoms with Crippen molar-refractivity contribution in [2.75, 3.05) is 26.4 Å². The van der Waals surface area contributed by atoms with Crippen LogP contribution in [0.4, 0.5) is 0 Å². The third kappa shape index (κ3) is 31.9. The molecule has 1 fully saturated rings. The maximum Gasteiger partial charge on any atom is 0.475 e. The highest BCUT2D eigenvalue weighted by Crippen LogP contribution is 2.53. The van der Waals surface area contributed by atoms with Gasteiger partial charge in [-0.3, -0.25) is 37.3 Å². The highest BCUT2D eigenvalue weighted by Gasteiger charge is 2.54. The van der Waals surface area contributed by atoms with Crippen LogP contribution < -0.4 is 5.32 Å². The minimum absolute atomic E-state index is 0.00420. The highest BCUT2D eigenvalue weighted by molar-refractivity contribution is 7.48. The summed E-state index contributed by atoms with van der Waals surface area (Å²) in [5, 5.41) is 45.9. The van der Waals surface area contributed by atoms with Gasteiger partial charge in [0.05, 0.1) is 13.2 Å². The normalized spacial score (nSPS) is 19.4. The van der Waals surface area contributed by atoms with E-state index >= 15 is 0 Å². The molecule has 8 atom stereocenters. The number of carbonyl (C=O) groups is 4. The predicted molar refractivity (Wildman–Crippen MR) is 309 cm³/mol. The van der Waals surface area contributed by atoms with E-state index in [9.17, 15) is 58.5 Å². The summed E-state index contributed by atoms with van der Waals surface area (Å²) < 4.78 is 58.9. The maximum absolute atomic E-state index is 14.6. The molecule has 2 aromatic carbocycles. The largest absolute Gasteiger partial charge is 0.475 e. The summed E-state index contributed by atoms with van der Waals surface area (Å²) in [5.74, 6) is -1.66. The summed E-state index contributed by atoms with van der Waals surface area (Å²) in [4.78, 5) is 70.9. The number of esters is 2. The molecule has 1 saturated carbocycles. The second-order valence-electron chi connectivity index (χ2n) is 21.5. The number of carbonyl (C=O) groups excluding carboxylic acids is 4. The van der Waals surface area contributed by atoms with Gasteiger partial charge < -0.3 is 45.0 Å². The van der Waals surface area contributed by atoms with Crippen LogP contribution in [0.15, 0.2) is 54.6 Å². The Morgan fingerprint density at radius 3 is 1.46 bits per heavy atom. The van der Waals surface area contributed by atoms with E-state index < -0.39 is 90.1 Å². The number of ether oxygens (including phenoxy) is 2. The Balaban J connectivity index is 1.63. The summed E-state index contributed by atoms with van der Waals surface area (Å²) in [6.07, 6.45) is 14.8. The zero-order valence-corrected chi connectivity index (χ0v) is 50.3. The van der Waals surface area contributed by atoms with E-state index in [1.165, 1.54) is 103 Å². The van der Waals surface area contributed by atoms with E-state index in [2.05, 4.69) is 23.7 Å². The lowest BCUT2D eigenvalue weighted by Crippen LogP contribution is -2.64. The summed E-state index contributed by atoms with van der Waals surface area (Å²) in [6, 6.07) is 15.8. The maximum atomic E-state index is 14.6. The Morgan fingerprint density at radius 1 is 0.506 bits per heavy atom. The van der Waals surface area contributed by atoms with Gasteiger partial charge in [-0.05, 0) is 31.2 Å². The standard InChI is InChI=1S/C60H99NO18P2/c1-3-5-7-9-11-13-15-17-19-21-23-25-30-35-52(63)74-45-50(77-53(64)36-31-26-24-22-20-18-16-14-12-10-8-6-4-2)46-76-81(73,79-60-57(68)55(66)56(67)59(58(60)69)78-80(70,71)72)75-44-32-43-61-51(62)42-39-47-37-40-49(41-38-47)54(65)48-33-28-27-29-34-48/h27-29,33-34,37-38,40-41,50,55-60,66-69H,3-26,30-32,35-36,39,42-46H2,1-2H3,(H,61,62)(H2,70,71,72)/t50-,55-,56-,57+,58+,59+,60-,81?/m0/s1. The predicted octanol–water partition coefficient (Wildman–Crippen LogP) is 11.2. The fourth-order valence-electron chi connectivity index (χ4n) is 9.61. The van der Waals surface area contributed by atoms with Gasteiger partial charge in [-0.2, -0.15) is 0 Å². The Hall–Kier alpha value is -3.42. The van der Waals surface area contributed by atoms with Crippen molar-refractivity contribution in [3.05, 3.63) is 71.3 Å². The van der Waals surface area contributed by atoms with E-state index in [1.54, 1.807) is 48.5 Å². The van der Waals surface area contributed by atoms with Crippen LogP contribution in [0.5, 0.6) is 0 Å². The van der Waals surface area contributed by atoms with Gasteiger partial charge in [0.15, 0.2) is 11.9 Å². The minimum atomic E-state index is -5.44. The zero-order chi connectivity index (χ0) is 59.1. The number of unbranched alkanes of at least 4 members (excludes halogenated alkanes) is 24. The van der Waals surface area contributed by atoms with Gasteiger partial charge in [-0.15, -0.1) is 0 Å².